The van der Waals surface area contributed by atoms with Gasteiger partial charge in [0.1, 0.15) is 0 Å². The summed E-state index contributed by atoms with van der Waals surface area (Å²) in [4.78, 5) is 0. The second kappa shape index (κ2) is 2.70. The number of benzene rings is 1. The van der Waals surface area contributed by atoms with Crippen molar-refractivity contribution in [3.63, 3.8) is 0 Å². The minimum Gasteiger partial charge on any atom is -0.385 e. The molecule has 0 heterocycles. The molecule has 104 valence electrons. The van der Waals surface area contributed by atoms with E-state index in [9.17, 15) is 13.9 Å². The monoisotopic (exact) mass is 274 g/mol. The predicted molar refractivity (Wildman–Crippen MR) is 67.8 cm³/mol. The number of rotatable bonds is 1. The highest BCUT2D eigenvalue weighted by molar-refractivity contribution is 5.41. The molecule has 6 rings (SSSR count). The van der Waals surface area contributed by atoms with Crippen LogP contribution < -0.4 is 0 Å². The first-order valence-electron chi connectivity index (χ1n) is 7.73. The number of hydrogen-bond acceptors (Lipinski definition) is 1. The summed E-state index contributed by atoms with van der Waals surface area (Å²) >= 11 is 0. The van der Waals surface area contributed by atoms with E-state index in [-0.39, 0.29) is 23.7 Å². The molecule has 1 nitrogen and oxygen atoms in total. The van der Waals surface area contributed by atoms with E-state index in [0.717, 1.165) is 12.0 Å². The Bertz CT molecular complexity index is 629. The van der Waals surface area contributed by atoms with Gasteiger partial charge in [-0.1, -0.05) is 30.3 Å². The highest BCUT2D eigenvalue weighted by Gasteiger charge is 2.92. The molecule has 20 heavy (non-hydrogen) atoms. The van der Waals surface area contributed by atoms with E-state index < -0.39 is 23.4 Å². The van der Waals surface area contributed by atoms with Crippen molar-refractivity contribution < 1.29 is 13.9 Å². The van der Waals surface area contributed by atoms with Crippen LogP contribution in [0.3, 0.4) is 0 Å². The summed E-state index contributed by atoms with van der Waals surface area (Å²) in [6.45, 7) is 0. The van der Waals surface area contributed by atoms with Crippen LogP contribution in [0.25, 0.3) is 0 Å². The van der Waals surface area contributed by atoms with Crippen molar-refractivity contribution in [1.29, 1.82) is 0 Å². The van der Waals surface area contributed by atoms with Crippen molar-refractivity contribution in [3.8, 4) is 0 Å². The number of fused-ring (bicyclic) bond motifs is 2. The van der Waals surface area contributed by atoms with Gasteiger partial charge in [-0.3, -0.25) is 0 Å². The third-order valence-corrected chi connectivity index (χ3v) is 7.64. The molecular formula is C17H16F2O. The third kappa shape index (κ3) is 0.739. The summed E-state index contributed by atoms with van der Waals surface area (Å²) in [5.41, 5.74) is -0.0935. The maximum absolute atomic E-state index is 14.6. The first kappa shape index (κ1) is 10.7. The van der Waals surface area contributed by atoms with Crippen LogP contribution in [-0.2, 0) is 5.60 Å². The summed E-state index contributed by atoms with van der Waals surface area (Å²) in [5.74, 6) is -2.85. The molecule has 0 spiro atoms. The van der Waals surface area contributed by atoms with Crippen LogP contribution in [0.1, 0.15) is 12.0 Å². The second-order valence-corrected chi connectivity index (χ2v) is 7.69. The fraction of sp³-hybridized carbons (Fsp3) is 0.647. The fourth-order valence-corrected chi connectivity index (χ4v) is 7.57. The van der Waals surface area contributed by atoms with Crippen LogP contribution in [0.15, 0.2) is 30.3 Å². The number of halogens is 2. The molecule has 0 amide bonds. The Morgan fingerprint density at radius 3 is 2.30 bits per heavy atom. The van der Waals surface area contributed by atoms with E-state index in [0.29, 0.717) is 11.8 Å². The van der Waals surface area contributed by atoms with Crippen LogP contribution in [-0.4, -0.2) is 11.0 Å². The molecule has 0 aliphatic heterocycles. The van der Waals surface area contributed by atoms with Crippen molar-refractivity contribution >= 4 is 0 Å². The van der Waals surface area contributed by atoms with Crippen LogP contribution in [0.4, 0.5) is 8.78 Å². The van der Waals surface area contributed by atoms with Gasteiger partial charge in [0.05, 0.1) is 5.60 Å². The molecule has 3 heteroatoms. The molecule has 0 unspecified atom stereocenters. The Kier molecular flexibility index (Phi) is 1.45. The molecule has 0 radical (unpaired) electrons. The fourth-order valence-electron chi connectivity index (χ4n) is 7.57. The maximum Gasteiger partial charge on any atom is 0.255 e. The minimum atomic E-state index is -2.52. The van der Waals surface area contributed by atoms with E-state index in [4.69, 9.17) is 0 Å². The third-order valence-electron chi connectivity index (χ3n) is 7.64. The lowest BCUT2D eigenvalue weighted by molar-refractivity contribution is -0.238. The molecule has 1 aromatic rings. The van der Waals surface area contributed by atoms with Gasteiger partial charge < -0.3 is 5.11 Å². The number of alkyl halides is 2. The summed E-state index contributed by atoms with van der Waals surface area (Å²) in [5, 5.41) is 11.4. The average Bonchev–Trinajstić information content (AvgIpc) is 2.91. The quantitative estimate of drug-likeness (QED) is 0.835. The van der Waals surface area contributed by atoms with Gasteiger partial charge in [-0.15, -0.1) is 0 Å². The first-order valence-corrected chi connectivity index (χ1v) is 7.73. The zero-order chi connectivity index (χ0) is 13.4. The Labute approximate surface area is 116 Å². The molecule has 5 aliphatic carbocycles. The molecular weight excluding hydrogens is 258 g/mol. The topological polar surface area (TPSA) is 20.2 Å². The Morgan fingerprint density at radius 2 is 1.55 bits per heavy atom. The second-order valence-electron chi connectivity index (χ2n) is 7.69. The first-order chi connectivity index (χ1) is 9.58. The lowest BCUT2D eigenvalue weighted by Crippen LogP contribution is -2.59. The summed E-state index contributed by atoms with van der Waals surface area (Å²) in [6.07, 6.45) is 0.947. The van der Waals surface area contributed by atoms with Gasteiger partial charge in [-0.25, -0.2) is 8.78 Å². The van der Waals surface area contributed by atoms with Gasteiger partial charge >= 0.3 is 0 Å². The normalized spacial score (nSPS) is 62.1. The lowest BCUT2D eigenvalue weighted by Gasteiger charge is -2.54. The molecule has 5 saturated carbocycles. The zero-order valence-electron chi connectivity index (χ0n) is 10.9. The average molecular weight is 274 g/mol. The Morgan fingerprint density at radius 1 is 0.900 bits per heavy atom. The zero-order valence-corrected chi connectivity index (χ0v) is 10.9. The SMILES string of the molecule is O[C@@]1(c2ccccc2)[C@@H]2[C@@H]3C[C@H]4[C@H]5[C@@H]3[C@H]1[C@@H]5C(F)(F)[C@@H]42. The van der Waals surface area contributed by atoms with Gasteiger partial charge in [0.25, 0.3) is 5.92 Å². The van der Waals surface area contributed by atoms with Gasteiger partial charge in [-0.2, -0.15) is 0 Å². The molecule has 5 fully saturated rings. The highest BCUT2D eigenvalue weighted by Crippen LogP contribution is 2.89. The molecule has 1 N–H and O–H groups in total. The summed E-state index contributed by atoms with van der Waals surface area (Å²) < 4.78 is 29.3. The van der Waals surface area contributed by atoms with Gasteiger partial charge in [-0.05, 0) is 35.7 Å². The molecule has 5 aliphatic rings. The minimum absolute atomic E-state index is 0.191. The van der Waals surface area contributed by atoms with Crippen LogP contribution in [0.2, 0.25) is 0 Å². The Balaban J connectivity index is 1.62. The van der Waals surface area contributed by atoms with Crippen LogP contribution in [0, 0.1) is 47.3 Å². The predicted octanol–water partition coefficient (Wildman–Crippen LogP) is 2.90. The van der Waals surface area contributed by atoms with Gasteiger partial charge in [0, 0.05) is 23.7 Å². The van der Waals surface area contributed by atoms with Crippen molar-refractivity contribution in [2.75, 3.05) is 0 Å². The van der Waals surface area contributed by atoms with E-state index in [1.807, 2.05) is 30.3 Å². The van der Waals surface area contributed by atoms with Gasteiger partial charge in [0.15, 0.2) is 0 Å². The molecule has 9 atom stereocenters. The molecule has 0 saturated heterocycles. The van der Waals surface area contributed by atoms with E-state index in [1.165, 1.54) is 0 Å². The Hall–Kier alpha value is -0.960. The van der Waals surface area contributed by atoms with Crippen molar-refractivity contribution in [2.24, 2.45) is 47.3 Å². The molecule has 1 aromatic carbocycles. The lowest BCUT2D eigenvalue weighted by atomic mass is 9.54. The number of hydrogen-bond donors (Lipinski definition) is 1. The van der Waals surface area contributed by atoms with Crippen LogP contribution >= 0.6 is 0 Å². The smallest absolute Gasteiger partial charge is 0.255 e. The molecule has 0 aromatic heterocycles. The molecule has 2 bridgehead atoms. The summed E-state index contributed by atoms with van der Waals surface area (Å²) in [6, 6.07) is 9.62. The van der Waals surface area contributed by atoms with Crippen molar-refractivity contribution in [1.82, 2.24) is 0 Å². The standard InChI is InChI=1S/C17H16F2O/c18-17(19)13-9-6-8-10-11(9)15(17)14(10)16(20,12(8)13)7-4-2-1-3-5-7/h1-5,8-15,20H,6H2/t8-,9+,10-,11+,12-,13+,14+,15-,16+/m1/s1. The number of aliphatic hydroxyl groups is 1. The van der Waals surface area contributed by atoms with E-state index >= 15 is 0 Å². The largest absolute Gasteiger partial charge is 0.385 e. The van der Waals surface area contributed by atoms with Crippen LogP contribution in [0.5, 0.6) is 0 Å². The summed E-state index contributed by atoms with van der Waals surface area (Å²) in [7, 11) is 0. The van der Waals surface area contributed by atoms with E-state index in [1.54, 1.807) is 0 Å². The van der Waals surface area contributed by atoms with Gasteiger partial charge in [0.2, 0.25) is 0 Å². The van der Waals surface area contributed by atoms with E-state index in [2.05, 4.69) is 0 Å². The maximum atomic E-state index is 14.6. The highest BCUT2D eigenvalue weighted by atomic mass is 19.3. The van der Waals surface area contributed by atoms with Crippen molar-refractivity contribution in [2.45, 2.75) is 17.9 Å². The van der Waals surface area contributed by atoms with Crippen molar-refractivity contribution in [3.05, 3.63) is 35.9 Å².